The fourth-order valence-corrected chi connectivity index (χ4v) is 4.71. The predicted molar refractivity (Wildman–Crippen MR) is 117 cm³/mol. The molecule has 0 radical (unpaired) electrons. The maximum atomic E-state index is 12.8. The summed E-state index contributed by atoms with van der Waals surface area (Å²) in [7, 11) is -3.54. The molecule has 1 aliphatic rings. The predicted octanol–water partition coefficient (Wildman–Crippen LogP) is 2.86. The minimum absolute atomic E-state index is 0. The highest BCUT2D eigenvalue weighted by atomic mass is 35.5. The van der Waals surface area contributed by atoms with Crippen LogP contribution in [-0.2, 0) is 14.8 Å². The topological polar surface area (TPSA) is 112 Å². The zero-order chi connectivity index (χ0) is 21.0. The highest BCUT2D eigenvalue weighted by molar-refractivity contribution is 7.89. The molecule has 1 aromatic heterocycles. The molecule has 162 valence electrons. The van der Waals surface area contributed by atoms with E-state index in [2.05, 4.69) is 10.3 Å². The molecule has 2 heterocycles. The number of amides is 1. The number of benzene rings is 1. The number of hydroxylamine groups is 1. The Bertz CT molecular complexity index is 1030. The van der Waals surface area contributed by atoms with Crippen LogP contribution < -0.4 is 10.8 Å². The lowest BCUT2D eigenvalue weighted by Gasteiger charge is -2.18. The summed E-state index contributed by atoms with van der Waals surface area (Å²) in [6, 6.07) is 8.29. The van der Waals surface area contributed by atoms with E-state index in [0.29, 0.717) is 35.9 Å². The molecule has 8 nitrogen and oxygen atoms in total. The first-order valence-corrected chi connectivity index (χ1v) is 10.7. The van der Waals surface area contributed by atoms with Gasteiger partial charge < -0.3 is 5.32 Å². The van der Waals surface area contributed by atoms with Crippen LogP contribution in [0.3, 0.4) is 0 Å². The van der Waals surface area contributed by atoms with Gasteiger partial charge in [-0.2, -0.15) is 4.31 Å². The van der Waals surface area contributed by atoms with Gasteiger partial charge in [-0.15, -0.1) is 12.4 Å². The number of pyridine rings is 1. The number of nitrogens with one attached hydrogen (secondary N) is 2. The number of aromatic nitrogens is 1. The Kier molecular flexibility index (Phi) is 8.22. The van der Waals surface area contributed by atoms with Crippen LogP contribution in [0.15, 0.2) is 47.5 Å². The fraction of sp³-hybridized carbons (Fsp3) is 0.263. The summed E-state index contributed by atoms with van der Waals surface area (Å²) in [6.45, 7) is 2.63. The molecule has 1 atom stereocenters. The average molecular weight is 473 g/mol. The molecule has 1 saturated heterocycles. The Morgan fingerprint density at radius 1 is 1.33 bits per heavy atom. The zero-order valence-electron chi connectivity index (χ0n) is 16.1. The van der Waals surface area contributed by atoms with Crippen LogP contribution in [0.2, 0.25) is 5.02 Å². The van der Waals surface area contributed by atoms with Crippen LogP contribution in [0.4, 0.5) is 5.82 Å². The summed E-state index contributed by atoms with van der Waals surface area (Å²) in [6.07, 6.45) is 4.75. The Hall–Kier alpha value is -2.17. The number of aryl methyl sites for hydroxylation is 1. The van der Waals surface area contributed by atoms with E-state index in [0.717, 1.165) is 11.6 Å². The lowest BCUT2D eigenvalue weighted by molar-refractivity contribution is -0.124. The first kappa shape index (κ1) is 24.1. The van der Waals surface area contributed by atoms with Gasteiger partial charge >= 0.3 is 0 Å². The number of carbonyl (C=O) groups is 1. The molecule has 3 N–H and O–H groups in total. The van der Waals surface area contributed by atoms with Gasteiger partial charge in [-0.1, -0.05) is 29.3 Å². The molecule has 2 aromatic rings. The molecule has 0 unspecified atom stereocenters. The third kappa shape index (κ3) is 5.71. The molecule has 0 spiro atoms. The Labute approximate surface area is 186 Å². The molecular formula is C19H22Cl2N4O4S. The minimum atomic E-state index is -3.54. The lowest BCUT2D eigenvalue weighted by atomic mass is 10.2. The number of rotatable bonds is 6. The van der Waals surface area contributed by atoms with Crippen molar-refractivity contribution < 1.29 is 18.4 Å². The van der Waals surface area contributed by atoms with Crippen molar-refractivity contribution in [2.45, 2.75) is 24.3 Å². The van der Waals surface area contributed by atoms with Gasteiger partial charge in [0.2, 0.25) is 10.0 Å². The molecule has 0 aliphatic carbocycles. The van der Waals surface area contributed by atoms with E-state index in [-0.39, 0.29) is 23.3 Å². The SMILES string of the molecule is Cc1ccc(S(=O)(=O)N2CC[C@@H](Nc3ncc(C=CC(=O)NO)cc3Cl)C2)cc1.Cl. The highest BCUT2D eigenvalue weighted by Gasteiger charge is 2.32. The first-order valence-electron chi connectivity index (χ1n) is 8.90. The van der Waals surface area contributed by atoms with Crippen LogP contribution in [0.1, 0.15) is 17.5 Å². The molecule has 3 rings (SSSR count). The van der Waals surface area contributed by atoms with E-state index < -0.39 is 15.9 Å². The zero-order valence-corrected chi connectivity index (χ0v) is 18.5. The molecule has 1 aromatic carbocycles. The summed E-state index contributed by atoms with van der Waals surface area (Å²) < 4.78 is 27.1. The maximum absolute atomic E-state index is 12.8. The van der Waals surface area contributed by atoms with E-state index >= 15 is 0 Å². The van der Waals surface area contributed by atoms with Gasteiger partial charge in [0.15, 0.2) is 0 Å². The molecule has 0 saturated carbocycles. The number of sulfonamides is 1. The molecular weight excluding hydrogens is 451 g/mol. The number of hydrogen-bond acceptors (Lipinski definition) is 6. The van der Waals surface area contributed by atoms with Crippen molar-refractivity contribution in [3.8, 4) is 0 Å². The van der Waals surface area contributed by atoms with Gasteiger partial charge in [0, 0.05) is 31.4 Å². The normalized spacial score (nSPS) is 17.0. The first-order chi connectivity index (χ1) is 13.8. The van der Waals surface area contributed by atoms with E-state index in [9.17, 15) is 13.2 Å². The second-order valence-electron chi connectivity index (χ2n) is 6.71. The summed E-state index contributed by atoms with van der Waals surface area (Å²) in [4.78, 5) is 15.6. The van der Waals surface area contributed by atoms with Gasteiger partial charge in [-0.3, -0.25) is 10.0 Å². The third-order valence-corrected chi connectivity index (χ3v) is 6.72. The number of anilines is 1. The molecule has 1 aliphatic heterocycles. The van der Waals surface area contributed by atoms with Crippen LogP contribution in [0, 0.1) is 6.92 Å². The second kappa shape index (κ2) is 10.2. The number of nitrogens with zero attached hydrogens (tertiary/aromatic N) is 2. The van der Waals surface area contributed by atoms with E-state index in [1.165, 1.54) is 22.1 Å². The van der Waals surface area contributed by atoms with Crippen molar-refractivity contribution in [2.75, 3.05) is 18.4 Å². The Morgan fingerprint density at radius 3 is 2.67 bits per heavy atom. The van der Waals surface area contributed by atoms with Crippen molar-refractivity contribution in [2.24, 2.45) is 0 Å². The largest absolute Gasteiger partial charge is 0.365 e. The van der Waals surface area contributed by atoms with Gasteiger partial charge in [0.25, 0.3) is 5.91 Å². The maximum Gasteiger partial charge on any atom is 0.267 e. The number of halogens is 2. The van der Waals surface area contributed by atoms with Gasteiger partial charge in [-0.25, -0.2) is 18.9 Å². The van der Waals surface area contributed by atoms with Crippen molar-refractivity contribution in [1.82, 2.24) is 14.8 Å². The van der Waals surface area contributed by atoms with E-state index in [1.54, 1.807) is 30.3 Å². The van der Waals surface area contributed by atoms with Crippen molar-refractivity contribution in [3.63, 3.8) is 0 Å². The summed E-state index contributed by atoms with van der Waals surface area (Å²) >= 11 is 6.25. The van der Waals surface area contributed by atoms with Crippen molar-refractivity contribution in [3.05, 3.63) is 58.8 Å². The Balaban J connectivity index is 0.00000320. The summed E-state index contributed by atoms with van der Waals surface area (Å²) in [5.41, 5.74) is 3.08. The second-order valence-corrected chi connectivity index (χ2v) is 9.06. The van der Waals surface area contributed by atoms with Crippen LogP contribution in [0.5, 0.6) is 0 Å². The fourth-order valence-electron chi connectivity index (χ4n) is 2.98. The van der Waals surface area contributed by atoms with Crippen LogP contribution in [-0.4, -0.2) is 48.0 Å². The van der Waals surface area contributed by atoms with Crippen LogP contribution >= 0.6 is 24.0 Å². The highest BCUT2D eigenvalue weighted by Crippen LogP contribution is 2.26. The molecule has 11 heteroatoms. The smallest absolute Gasteiger partial charge is 0.267 e. The van der Waals surface area contributed by atoms with Crippen molar-refractivity contribution >= 4 is 51.8 Å². The van der Waals surface area contributed by atoms with Gasteiger partial charge in [0.1, 0.15) is 5.82 Å². The molecule has 30 heavy (non-hydrogen) atoms. The average Bonchev–Trinajstić information content (AvgIpc) is 3.18. The number of hydrogen-bond donors (Lipinski definition) is 3. The molecule has 0 bridgehead atoms. The minimum Gasteiger partial charge on any atom is -0.365 e. The van der Waals surface area contributed by atoms with Crippen molar-refractivity contribution in [1.29, 1.82) is 0 Å². The lowest BCUT2D eigenvalue weighted by Crippen LogP contribution is -2.31. The van der Waals surface area contributed by atoms with Gasteiger partial charge in [-0.05, 0) is 43.2 Å². The third-order valence-electron chi connectivity index (χ3n) is 4.55. The quantitative estimate of drug-likeness (QED) is 0.338. The monoisotopic (exact) mass is 472 g/mol. The van der Waals surface area contributed by atoms with E-state index in [4.69, 9.17) is 16.8 Å². The van der Waals surface area contributed by atoms with E-state index in [1.807, 2.05) is 6.92 Å². The van der Waals surface area contributed by atoms with Crippen LogP contribution in [0.25, 0.3) is 6.08 Å². The summed E-state index contributed by atoms with van der Waals surface area (Å²) in [5, 5.41) is 12.0. The Morgan fingerprint density at radius 2 is 2.03 bits per heavy atom. The summed E-state index contributed by atoms with van der Waals surface area (Å²) in [5.74, 6) is -0.223. The number of carbonyl (C=O) groups excluding carboxylic acids is 1. The standard InChI is InChI=1S/C19H21ClN4O4S.ClH/c1-13-2-5-16(6-3-13)29(27,28)24-9-8-15(12-24)22-19-17(20)10-14(11-21-19)4-7-18(25)23-26;/h2-7,10-11,15,26H,8-9,12H2,1H3,(H,21,22)(H,23,25);1H/t15-;/m1./s1. The van der Waals surface area contributed by atoms with Gasteiger partial charge in [0.05, 0.1) is 9.92 Å². The molecule has 1 fully saturated rings. The molecule has 1 amide bonds.